The highest BCUT2D eigenvalue weighted by Gasteiger charge is 2.22. The van der Waals surface area contributed by atoms with Gasteiger partial charge in [0.1, 0.15) is 4.83 Å². The summed E-state index contributed by atoms with van der Waals surface area (Å²) in [5.41, 5.74) is 6.48. The van der Waals surface area contributed by atoms with E-state index in [1.165, 1.54) is 22.2 Å². The molecule has 0 saturated heterocycles. The third-order valence-electron chi connectivity index (χ3n) is 5.71. The molecule has 0 spiro atoms. The van der Waals surface area contributed by atoms with Crippen LogP contribution in [0.15, 0.2) is 40.3 Å². The zero-order valence-corrected chi connectivity index (χ0v) is 21.1. The van der Waals surface area contributed by atoms with Crippen LogP contribution in [0.2, 0.25) is 0 Å². The zero-order valence-electron chi connectivity index (χ0n) is 19.4. The predicted octanol–water partition coefficient (Wildman–Crippen LogP) is 2.84. The van der Waals surface area contributed by atoms with Crippen molar-refractivity contribution >= 4 is 45.1 Å². The minimum atomic E-state index is -0.386. The van der Waals surface area contributed by atoms with Crippen molar-refractivity contribution in [2.75, 3.05) is 26.4 Å². The number of carbonyl (C=O) groups is 2. The van der Waals surface area contributed by atoms with Crippen molar-refractivity contribution in [1.82, 2.24) is 25.3 Å². The molecule has 34 heavy (non-hydrogen) atoms. The smallest absolute Gasteiger partial charge is 0.269 e. The monoisotopic (exact) mass is 499 g/mol. The third-order valence-corrected chi connectivity index (χ3v) is 7.87. The van der Waals surface area contributed by atoms with Crippen LogP contribution in [-0.4, -0.2) is 52.7 Å². The van der Waals surface area contributed by atoms with Gasteiger partial charge in [-0.25, -0.2) is 4.98 Å². The van der Waals surface area contributed by atoms with Crippen molar-refractivity contribution in [3.05, 3.63) is 56.7 Å². The summed E-state index contributed by atoms with van der Waals surface area (Å²) in [5.74, 6) is -0.719. The van der Waals surface area contributed by atoms with Crippen LogP contribution >= 0.6 is 23.1 Å². The second-order valence-corrected chi connectivity index (χ2v) is 10.6. The summed E-state index contributed by atoms with van der Waals surface area (Å²) < 4.78 is 1.72. The van der Waals surface area contributed by atoms with E-state index in [1.54, 1.807) is 40.2 Å². The van der Waals surface area contributed by atoms with E-state index >= 15 is 0 Å². The summed E-state index contributed by atoms with van der Waals surface area (Å²) in [5, 5.41) is 1.30. The highest BCUT2D eigenvalue weighted by atomic mass is 32.2. The summed E-state index contributed by atoms with van der Waals surface area (Å²) in [4.78, 5) is 47.0. The van der Waals surface area contributed by atoms with Crippen LogP contribution in [0.3, 0.4) is 0 Å². The van der Waals surface area contributed by atoms with E-state index in [9.17, 15) is 14.4 Å². The summed E-state index contributed by atoms with van der Waals surface area (Å²) in [6.45, 7) is 1.39. The largest absolute Gasteiger partial charge is 0.309 e. The molecule has 1 aliphatic carbocycles. The second kappa shape index (κ2) is 11.2. The summed E-state index contributed by atoms with van der Waals surface area (Å²) >= 11 is 2.83. The van der Waals surface area contributed by atoms with Crippen molar-refractivity contribution in [1.29, 1.82) is 0 Å². The molecule has 0 radical (unpaired) electrons. The Morgan fingerprint density at radius 1 is 1.15 bits per heavy atom. The van der Waals surface area contributed by atoms with E-state index < -0.39 is 0 Å². The van der Waals surface area contributed by atoms with Crippen LogP contribution in [-0.2, 0) is 24.2 Å². The van der Waals surface area contributed by atoms with Crippen LogP contribution in [0.5, 0.6) is 0 Å². The predicted molar refractivity (Wildman–Crippen MR) is 136 cm³/mol. The van der Waals surface area contributed by atoms with Crippen LogP contribution in [0, 0.1) is 0 Å². The Morgan fingerprint density at radius 2 is 1.91 bits per heavy atom. The number of hydrogen-bond donors (Lipinski definition) is 2. The molecule has 0 aliphatic heterocycles. The topological polar surface area (TPSA) is 96.3 Å². The Balaban J connectivity index is 1.50. The highest BCUT2D eigenvalue weighted by molar-refractivity contribution is 7.99. The molecule has 8 nitrogen and oxygen atoms in total. The summed E-state index contributed by atoms with van der Waals surface area (Å²) in [6.07, 6.45) is 4.99. The van der Waals surface area contributed by atoms with E-state index in [1.807, 2.05) is 20.2 Å². The first-order valence-electron chi connectivity index (χ1n) is 11.4. The average Bonchev–Trinajstić information content (AvgIpc) is 3.21. The van der Waals surface area contributed by atoms with E-state index in [2.05, 4.69) is 15.8 Å². The molecule has 2 N–H and O–H groups in total. The molecule has 0 bridgehead atoms. The molecular weight excluding hydrogens is 470 g/mol. The lowest BCUT2D eigenvalue weighted by molar-refractivity contribution is -0.119. The number of nitrogens with one attached hydrogen (secondary N) is 2. The second-order valence-electron chi connectivity index (χ2n) is 8.56. The van der Waals surface area contributed by atoms with E-state index in [-0.39, 0.29) is 23.1 Å². The van der Waals surface area contributed by atoms with Gasteiger partial charge in [-0.3, -0.25) is 29.8 Å². The summed E-state index contributed by atoms with van der Waals surface area (Å²) in [7, 11) is 4.01. The van der Waals surface area contributed by atoms with Crippen molar-refractivity contribution in [2.45, 2.75) is 43.8 Å². The van der Waals surface area contributed by atoms with Crippen molar-refractivity contribution in [2.24, 2.45) is 0 Å². The molecule has 4 rings (SSSR count). The highest BCUT2D eigenvalue weighted by Crippen LogP contribution is 2.34. The maximum Gasteiger partial charge on any atom is 0.269 e. The minimum absolute atomic E-state index is 0.0107. The molecular formula is C24H29N5O3S2. The first-order chi connectivity index (χ1) is 16.4. The first-order valence-corrected chi connectivity index (χ1v) is 13.2. The van der Waals surface area contributed by atoms with Crippen molar-refractivity contribution in [3.63, 3.8) is 0 Å². The molecule has 0 fully saturated rings. The number of thiophene rings is 1. The number of carbonyl (C=O) groups excluding carboxylic acids is 2. The number of hydrazine groups is 1. The average molecular weight is 500 g/mol. The quantitative estimate of drug-likeness (QED) is 0.281. The lowest BCUT2D eigenvalue weighted by atomic mass is 9.97. The number of aryl methyl sites for hydroxylation is 2. The first kappa shape index (κ1) is 24.4. The molecule has 0 atom stereocenters. The molecule has 180 valence electrons. The van der Waals surface area contributed by atoms with E-state index in [4.69, 9.17) is 4.98 Å². The fraction of sp³-hybridized carbons (Fsp3) is 0.417. The molecule has 2 aromatic heterocycles. The van der Waals surface area contributed by atoms with Gasteiger partial charge in [0.2, 0.25) is 5.91 Å². The van der Waals surface area contributed by atoms with Crippen molar-refractivity contribution < 1.29 is 9.59 Å². The summed E-state index contributed by atoms with van der Waals surface area (Å²) in [6, 6.07) is 8.67. The Kier molecular flexibility index (Phi) is 8.02. The van der Waals surface area contributed by atoms with Gasteiger partial charge in [-0.05, 0) is 70.4 Å². The lowest BCUT2D eigenvalue weighted by Gasteiger charge is -2.15. The van der Waals surface area contributed by atoms with Crippen LogP contribution in [0.4, 0.5) is 0 Å². The minimum Gasteiger partial charge on any atom is -0.309 e. The van der Waals surface area contributed by atoms with Gasteiger partial charge in [-0.15, -0.1) is 11.3 Å². The molecule has 2 heterocycles. The van der Waals surface area contributed by atoms with Crippen LogP contribution < -0.4 is 16.4 Å². The lowest BCUT2D eigenvalue weighted by Crippen LogP contribution is -2.42. The van der Waals surface area contributed by atoms with Gasteiger partial charge in [0, 0.05) is 17.0 Å². The van der Waals surface area contributed by atoms with Crippen molar-refractivity contribution in [3.8, 4) is 0 Å². The normalized spacial score (nSPS) is 13.1. The number of aromatic nitrogens is 2. The van der Waals surface area contributed by atoms with Gasteiger partial charge < -0.3 is 4.90 Å². The SMILES string of the molecule is CN(C)CCCn1c(SCC(=O)NNC(=O)c2ccccc2)nc2sc3c(c2c1=O)CCCC3. The molecule has 0 saturated carbocycles. The molecule has 0 unspecified atom stereocenters. The molecule has 2 amide bonds. The van der Waals surface area contributed by atoms with Crippen LogP contribution in [0.1, 0.15) is 40.1 Å². The Bertz CT molecular complexity index is 1240. The molecule has 3 aromatic rings. The van der Waals surface area contributed by atoms with Gasteiger partial charge in [0.05, 0.1) is 11.1 Å². The van der Waals surface area contributed by atoms with Gasteiger partial charge >= 0.3 is 0 Å². The number of rotatable bonds is 8. The standard InChI is InChI=1S/C24H29N5O3S2/c1-28(2)13-8-14-29-23(32)20-17-11-6-7-12-18(17)34-22(20)25-24(29)33-15-19(30)26-27-21(31)16-9-4-3-5-10-16/h3-5,9-10H,6-8,11-15H2,1-2H3,(H,26,30)(H,27,31). The van der Waals surface area contributed by atoms with E-state index in [0.717, 1.165) is 48.9 Å². The zero-order chi connectivity index (χ0) is 24.1. The maximum absolute atomic E-state index is 13.5. The molecule has 1 aromatic carbocycles. The third kappa shape index (κ3) is 5.68. The number of thioether (sulfide) groups is 1. The van der Waals surface area contributed by atoms with E-state index in [0.29, 0.717) is 17.3 Å². The Hall–Kier alpha value is -2.69. The van der Waals surface area contributed by atoms with Gasteiger partial charge in [0.15, 0.2) is 5.16 Å². The number of fused-ring (bicyclic) bond motifs is 3. The Morgan fingerprint density at radius 3 is 2.68 bits per heavy atom. The molecule has 1 aliphatic rings. The number of hydrogen-bond acceptors (Lipinski definition) is 7. The van der Waals surface area contributed by atoms with Crippen LogP contribution in [0.25, 0.3) is 10.2 Å². The van der Waals surface area contributed by atoms with Gasteiger partial charge in [-0.1, -0.05) is 30.0 Å². The molecule has 10 heteroatoms. The fourth-order valence-electron chi connectivity index (χ4n) is 4.03. The number of benzene rings is 1. The number of amides is 2. The fourth-order valence-corrected chi connectivity index (χ4v) is 6.15. The Labute approximate surface area is 206 Å². The number of nitrogens with zero attached hydrogens (tertiary/aromatic N) is 3. The maximum atomic E-state index is 13.5. The van der Waals surface area contributed by atoms with Gasteiger partial charge in [-0.2, -0.15) is 0 Å². The van der Waals surface area contributed by atoms with Gasteiger partial charge in [0.25, 0.3) is 11.5 Å².